The smallest absolute Gasteiger partial charge is 0.306 e. The molecule has 61 heavy (non-hydrogen) atoms. The molecule has 6 heteroatoms. The van der Waals surface area contributed by atoms with Crippen LogP contribution in [0.1, 0.15) is 252 Å². The summed E-state index contributed by atoms with van der Waals surface area (Å²) in [5.74, 6) is -0.929. The summed E-state index contributed by atoms with van der Waals surface area (Å²) in [7, 11) is 0. The van der Waals surface area contributed by atoms with Crippen molar-refractivity contribution in [1.82, 2.24) is 0 Å². The maximum absolute atomic E-state index is 12.8. The molecule has 0 saturated heterocycles. The lowest BCUT2D eigenvalue weighted by Crippen LogP contribution is -2.30. The van der Waals surface area contributed by atoms with E-state index >= 15 is 0 Å². The monoisotopic (exact) mass is 853 g/mol. The third-order valence-electron chi connectivity index (χ3n) is 11.1. The molecule has 0 aliphatic carbocycles. The zero-order valence-electron chi connectivity index (χ0n) is 40.2. The highest BCUT2D eigenvalue weighted by molar-refractivity contribution is 5.71. The molecule has 0 spiro atoms. The second-order valence-electron chi connectivity index (χ2n) is 17.1. The molecule has 0 amide bonds. The van der Waals surface area contributed by atoms with Crippen molar-refractivity contribution in [1.29, 1.82) is 0 Å². The van der Waals surface area contributed by atoms with E-state index in [4.69, 9.17) is 14.2 Å². The lowest BCUT2D eigenvalue weighted by Gasteiger charge is -2.18. The number of hydrogen-bond donors (Lipinski definition) is 0. The second-order valence-corrected chi connectivity index (χ2v) is 17.1. The van der Waals surface area contributed by atoms with Crippen LogP contribution in [0.5, 0.6) is 0 Å². The van der Waals surface area contributed by atoms with Crippen LogP contribution < -0.4 is 0 Å². The summed E-state index contributed by atoms with van der Waals surface area (Å²) in [6, 6.07) is 0. The number of hydrogen-bond acceptors (Lipinski definition) is 6. The topological polar surface area (TPSA) is 78.9 Å². The summed E-state index contributed by atoms with van der Waals surface area (Å²) >= 11 is 0. The average molecular weight is 853 g/mol. The van der Waals surface area contributed by atoms with Crippen LogP contribution in [0.3, 0.4) is 0 Å². The third kappa shape index (κ3) is 48.0. The van der Waals surface area contributed by atoms with Crippen LogP contribution >= 0.6 is 0 Å². The van der Waals surface area contributed by atoms with Crippen LogP contribution in [0, 0.1) is 0 Å². The molecule has 0 aliphatic rings. The standard InChI is InChI=1S/C55H96O6/c1-4-7-10-13-16-19-22-25-26-27-28-31-33-36-39-42-45-48-54(57)60-51-52(61-55(58)49-46-43-40-37-34-30-24-21-18-15-12-9-6-3)50-59-53(56)47-44-41-38-35-32-29-23-20-17-14-11-8-5-2/h9,12,15,18,21,24-26,30,34,52H,4-8,10-11,13-14,16-17,19-20,22-23,27-29,31-33,35-51H2,1-3H3/b12-9-,18-15-,24-21-,26-25-,34-30-. The lowest BCUT2D eigenvalue weighted by atomic mass is 10.0. The van der Waals surface area contributed by atoms with Crippen molar-refractivity contribution in [3.05, 3.63) is 60.8 Å². The van der Waals surface area contributed by atoms with E-state index < -0.39 is 6.10 Å². The zero-order valence-corrected chi connectivity index (χ0v) is 40.2. The quantitative estimate of drug-likeness (QED) is 0.0200. The van der Waals surface area contributed by atoms with Crippen molar-refractivity contribution in [2.24, 2.45) is 0 Å². The molecule has 352 valence electrons. The molecule has 0 saturated carbocycles. The molecule has 0 aromatic rings. The Morgan fingerprint density at radius 1 is 0.344 bits per heavy atom. The second kappa shape index (κ2) is 49.8. The fourth-order valence-corrected chi connectivity index (χ4v) is 7.21. The van der Waals surface area contributed by atoms with Crippen LogP contribution in [0.15, 0.2) is 60.8 Å². The van der Waals surface area contributed by atoms with Crippen LogP contribution in [0.2, 0.25) is 0 Å². The van der Waals surface area contributed by atoms with Gasteiger partial charge in [-0.2, -0.15) is 0 Å². The first-order chi connectivity index (χ1) is 30.0. The maximum Gasteiger partial charge on any atom is 0.306 e. The van der Waals surface area contributed by atoms with Gasteiger partial charge in [-0.1, -0.05) is 229 Å². The fraction of sp³-hybridized carbons (Fsp3) is 0.764. The predicted molar refractivity (Wildman–Crippen MR) is 261 cm³/mol. The van der Waals surface area contributed by atoms with Gasteiger partial charge in [-0.15, -0.1) is 0 Å². The molecule has 0 fully saturated rings. The van der Waals surface area contributed by atoms with Gasteiger partial charge < -0.3 is 14.2 Å². The minimum Gasteiger partial charge on any atom is -0.462 e. The predicted octanol–water partition coefficient (Wildman–Crippen LogP) is 16.9. The van der Waals surface area contributed by atoms with Gasteiger partial charge in [0.2, 0.25) is 0 Å². The summed E-state index contributed by atoms with van der Waals surface area (Å²) in [6.45, 7) is 6.46. The van der Waals surface area contributed by atoms with Gasteiger partial charge in [0.05, 0.1) is 0 Å². The van der Waals surface area contributed by atoms with Crippen molar-refractivity contribution in [2.75, 3.05) is 13.2 Å². The largest absolute Gasteiger partial charge is 0.462 e. The first-order valence-corrected chi connectivity index (χ1v) is 25.8. The Kier molecular flexibility index (Phi) is 47.4. The number of unbranched alkanes of at least 4 members (excludes halogenated alkanes) is 28. The molecule has 0 radical (unpaired) electrons. The van der Waals surface area contributed by atoms with Gasteiger partial charge >= 0.3 is 17.9 Å². The molecule has 1 unspecified atom stereocenters. The fourth-order valence-electron chi connectivity index (χ4n) is 7.21. The molecule has 0 heterocycles. The molecule has 0 bridgehead atoms. The Labute approximate surface area is 377 Å². The van der Waals surface area contributed by atoms with Crippen molar-refractivity contribution >= 4 is 17.9 Å². The molecule has 0 aromatic carbocycles. The Balaban J connectivity index is 4.40. The van der Waals surface area contributed by atoms with Gasteiger partial charge in [0, 0.05) is 19.3 Å². The summed E-state index contributed by atoms with van der Waals surface area (Å²) in [4.78, 5) is 37.9. The lowest BCUT2D eigenvalue weighted by molar-refractivity contribution is -0.167. The normalized spacial score (nSPS) is 12.5. The van der Waals surface area contributed by atoms with E-state index in [0.717, 1.165) is 70.6 Å². The third-order valence-corrected chi connectivity index (χ3v) is 11.1. The van der Waals surface area contributed by atoms with E-state index in [1.165, 1.54) is 141 Å². The minimum absolute atomic E-state index is 0.0897. The SMILES string of the molecule is CC\C=C/C=C\C=C/C=C\CCCCCC(=O)OC(COC(=O)CCCCCCCCC/C=C\CCCCCCCC)COC(=O)CCCCCCCCCCCCCCC. The molecule has 0 N–H and O–H groups in total. The van der Waals surface area contributed by atoms with Gasteiger partial charge in [-0.25, -0.2) is 0 Å². The Bertz CT molecular complexity index is 1120. The van der Waals surface area contributed by atoms with Crippen molar-refractivity contribution < 1.29 is 28.6 Å². The van der Waals surface area contributed by atoms with E-state index in [9.17, 15) is 14.4 Å². The van der Waals surface area contributed by atoms with Gasteiger partial charge in [-0.05, 0) is 64.2 Å². The van der Waals surface area contributed by atoms with Crippen molar-refractivity contribution in [3.63, 3.8) is 0 Å². The van der Waals surface area contributed by atoms with Crippen molar-refractivity contribution in [3.8, 4) is 0 Å². The zero-order chi connectivity index (χ0) is 44.4. The van der Waals surface area contributed by atoms with Crippen LogP contribution in [-0.2, 0) is 28.6 Å². The summed E-state index contributed by atoms with van der Waals surface area (Å²) < 4.78 is 16.8. The summed E-state index contributed by atoms with van der Waals surface area (Å²) in [5, 5.41) is 0. The molecule has 0 aliphatic heterocycles. The number of carbonyl (C=O) groups excluding carboxylic acids is 3. The molecular formula is C55H96O6. The first kappa shape index (κ1) is 58.1. The van der Waals surface area contributed by atoms with Gasteiger partial charge in [0.25, 0.3) is 0 Å². The van der Waals surface area contributed by atoms with Gasteiger partial charge in [0.15, 0.2) is 6.10 Å². The van der Waals surface area contributed by atoms with E-state index in [1.807, 2.05) is 36.5 Å². The Morgan fingerprint density at radius 2 is 0.656 bits per heavy atom. The number of carbonyl (C=O) groups is 3. The number of esters is 3. The Hall–Kier alpha value is -2.89. The molecule has 6 nitrogen and oxygen atoms in total. The number of ether oxygens (including phenoxy) is 3. The van der Waals surface area contributed by atoms with Gasteiger partial charge in [0.1, 0.15) is 13.2 Å². The highest BCUT2D eigenvalue weighted by atomic mass is 16.6. The minimum atomic E-state index is -0.793. The van der Waals surface area contributed by atoms with Crippen LogP contribution in [0.25, 0.3) is 0 Å². The van der Waals surface area contributed by atoms with Crippen molar-refractivity contribution in [2.45, 2.75) is 258 Å². The number of rotatable bonds is 46. The molecule has 0 rings (SSSR count). The van der Waals surface area contributed by atoms with E-state index in [1.54, 1.807) is 0 Å². The van der Waals surface area contributed by atoms with E-state index in [2.05, 4.69) is 45.1 Å². The first-order valence-electron chi connectivity index (χ1n) is 25.8. The molecule has 1 atom stereocenters. The average Bonchev–Trinajstić information content (AvgIpc) is 3.26. The summed E-state index contributed by atoms with van der Waals surface area (Å²) in [5.41, 5.74) is 0. The highest BCUT2D eigenvalue weighted by Crippen LogP contribution is 2.15. The molecule has 0 aromatic heterocycles. The van der Waals surface area contributed by atoms with Crippen LogP contribution in [0.4, 0.5) is 0 Å². The van der Waals surface area contributed by atoms with E-state index in [0.29, 0.717) is 12.8 Å². The van der Waals surface area contributed by atoms with Crippen LogP contribution in [-0.4, -0.2) is 37.2 Å². The van der Waals surface area contributed by atoms with E-state index in [-0.39, 0.29) is 37.5 Å². The highest BCUT2D eigenvalue weighted by Gasteiger charge is 2.19. The summed E-state index contributed by atoms with van der Waals surface area (Å²) in [6.07, 6.45) is 60.6. The molecular weight excluding hydrogens is 757 g/mol. The maximum atomic E-state index is 12.8. The van der Waals surface area contributed by atoms with Gasteiger partial charge in [-0.3, -0.25) is 14.4 Å². The Morgan fingerprint density at radius 3 is 1.07 bits per heavy atom. The number of allylic oxidation sites excluding steroid dienone is 10.